The Bertz CT molecular complexity index is 871. The number of rotatable bonds is 6. The first-order chi connectivity index (χ1) is 10.8. The van der Waals surface area contributed by atoms with Gasteiger partial charge in [0.25, 0.3) is 0 Å². The first-order valence-electron chi connectivity index (χ1n) is 7.03. The third kappa shape index (κ3) is 4.17. The summed E-state index contributed by atoms with van der Waals surface area (Å²) in [6.07, 6.45) is 0. The fourth-order valence-electron chi connectivity index (χ4n) is 1.90. The van der Waals surface area contributed by atoms with E-state index in [0.717, 1.165) is 0 Å². The summed E-state index contributed by atoms with van der Waals surface area (Å²) < 4.78 is 36.7. The fraction of sp³-hybridized carbons (Fsp3) is 0.333. The molecule has 0 radical (unpaired) electrons. The molecule has 1 N–H and O–H groups in total. The van der Waals surface area contributed by atoms with Gasteiger partial charge in [0, 0.05) is 18.0 Å². The highest BCUT2D eigenvalue weighted by Crippen LogP contribution is 2.17. The standard InChI is InChI=1S/C15H17NO6S/c1-3-21-15(18)10(2)9-16-23(19,20)12-5-6-13-11(8-12)4-7-14(17)22-13/h4-8,10,16H,3,9H2,1-2H3/t10-/m0/s1. The summed E-state index contributed by atoms with van der Waals surface area (Å²) in [5.74, 6) is -1.06. The van der Waals surface area contributed by atoms with Gasteiger partial charge in [0.15, 0.2) is 0 Å². The van der Waals surface area contributed by atoms with Crippen LogP contribution < -0.4 is 10.3 Å². The van der Waals surface area contributed by atoms with Gasteiger partial charge in [-0.15, -0.1) is 0 Å². The molecule has 1 heterocycles. The van der Waals surface area contributed by atoms with E-state index >= 15 is 0 Å². The van der Waals surface area contributed by atoms with E-state index in [1.165, 1.54) is 30.3 Å². The molecule has 1 atom stereocenters. The number of carbonyl (C=O) groups excluding carboxylic acids is 1. The lowest BCUT2D eigenvalue weighted by Gasteiger charge is -2.12. The highest BCUT2D eigenvalue weighted by Gasteiger charge is 2.20. The van der Waals surface area contributed by atoms with Crippen molar-refractivity contribution in [3.63, 3.8) is 0 Å². The molecule has 0 unspecified atom stereocenters. The van der Waals surface area contributed by atoms with Gasteiger partial charge in [-0.25, -0.2) is 17.9 Å². The van der Waals surface area contributed by atoms with Gasteiger partial charge in [0.1, 0.15) is 5.58 Å². The molecule has 8 heteroatoms. The van der Waals surface area contributed by atoms with Gasteiger partial charge in [0.05, 0.1) is 17.4 Å². The maximum absolute atomic E-state index is 12.3. The second-order valence-electron chi connectivity index (χ2n) is 4.96. The Balaban J connectivity index is 2.18. The number of hydrogen-bond donors (Lipinski definition) is 1. The van der Waals surface area contributed by atoms with Crippen LogP contribution in [0.15, 0.2) is 44.4 Å². The molecule has 0 aliphatic rings. The Labute approximate surface area is 133 Å². The normalized spacial score (nSPS) is 13.0. The number of benzene rings is 1. The average molecular weight is 339 g/mol. The number of nitrogens with one attached hydrogen (secondary N) is 1. The predicted octanol–water partition coefficient (Wildman–Crippen LogP) is 1.27. The lowest BCUT2D eigenvalue weighted by Crippen LogP contribution is -2.32. The Morgan fingerprint density at radius 1 is 1.30 bits per heavy atom. The van der Waals surface area contributed by atoms with Crippen LogP contribution >= 0.6 is 0 Å². The maximum atomic E-state index is 12.3. The van der Waals surface area contributed by atoms with Crippen LogP contribution in [0.5, 0.6) is 0 Å². The summed E-state index contributed by atoms with van der Waals surface area (Å²) in [6.45, 7) is 3.44. The number of hydrogen-bond acceptors (Lipinski definition) is 6. The summed E-state index contributed by atoms with van der Waals surface area (Å²) in [6, 6.07) is 6.86. The summed E-state index contributed by atoms with van der Waals surface area (Å²) in [4.78, 5) is 22.6. The van der Waals surface area contributed by atoms with Gasteiger partial charge in [-0.2, -0.15) is 0 Å². The lowest BCUT2D eigenvalue weighted by atomic mass is 10.2. The largest absolute Gasteiger partial charge is 0.466 e. The van der Waals surface area contributed by atoms with Crippen molar-refractivity contribution in [3.05, 3.63) is 40.8 Å². The van der Waals surface area contributed by atoms with Gasteiger partial charge in [-0.1, -0.05) is 6.92 Å². The summed E-state index contributed by atoms with van der Waals surface area (Å²) in [5.41, 5.74) is -0.203. The van der Waals surface area contributed by atoms with Gasteiger partial charge in [-0.3, -0.25) is 4.79 Å². The minimum atomic E-state index is -3.78. The first kappa shape index (κ1) is 17.2. The number of sulfonamides is 1. The number of esters is 1. The monoisotopic (exact) mass is 339 g/mol. The molecule has 0 amide bonds. The van der Waals surface area contributed by atoms with Gasteiger partial charge in [-0.05, 0) is 31.2 Å². The molecule has 124 valence electrons. The van der Waals surface area contributed by atoms with Crippen molar-refractivity contribution >= 4 is 27.0 Å². The van der Waals surface area contributed by atoms with Crippen LogP contribution in [-0.2, 0) is 19.6 Å². The minimum absolute atomic E-state index is 0.0231. The Morgan fingerprint density at radius 2 is 2.04 bits per heavy atom. The molecule has 2 aromatic rings. The third-order valence-electron chi connectivity index (χ3n) is 3.17. The van der Waals surface area contributed by atoms with Crippen molar-refractivity contribution in [1.29, 1.82) is 0 Å². The molecule has 0 bridgehead atoms. The van der Waals surface area contributed by atoms with Crippen LogP contribution in [0.3, 0.4) is 0 Å². The zero-order valence-corrected chi connectivity index (χ0v) is 13.6. The topological polar surface area (TPSA) is 103 Å². The van der Waals surface area contributed by atoms with E-state index < -0.39 is 27.5 Å². The van der Waals surface area contributed by atoms with Gasteiger partial charge in [0.2, 0.25) is 10.0 Å². The van der Waals surface area contributed by atoms with Crippen molar-refractivity contribution in [3.8, 4) is 0 Å². The molecule has 7 nitrogen and oxygen atoms in total. The molecule has 2 rings (SSSR count). The van der Waals surface area contributed by atoms with E-state index in [9.17, 15) is 18.0 Å². The van der Waals surface area contributed by atoms with Crippen LogP contribution in [0.1, 0.15) is 13.8 Å². The van der Waals surface area contributed by atoms with Gasteiger partial charge < -0.3 is 9.15 Å². The molecule has 1 aromatic carbocycles. The highest BCUT2D eigenvalue weighted by molar-refractivity contribution is 7.89. The smallest absolute Gasteiger partial charge is 0.336 e. The SMILES string of the molecule is CCOC(=O)[C@@H](C)CNS(=O)(=O)c1ccc2oc(=O)ccc2c1. The van der Waals surface area contributed by atoms with Crippen LogP contribution in [0.25, 0.3) is 11.0 Å². The predicted molar refractivity (Wildman–Crippen MR) is 83.5 cm³/mol. The van der Waals surface area contributed by atoms with Crippen LogP contribution in [0.4, 0.5) is 0 Å². The Kier molecular flexibility index (Phi) is 5.17. The quantitative estimate of drug-likeness (QED) is 0.628. The zero-order chi connectivity index (χ0) is 17.0. The fourth-order valence-corrected chi connectivity index (χ4v) is 3.07. The minimum Gasteiger partial charge on any atom is -0.466 e. The maximum Gasteiger partial charge on any atom is 0.336 e. The van der Waals surface area contributed by atoms with Crippen molar-refractivity contribution in [2.24, 2.45) is 5.92 Å². The molecular weight excluding hydrogens is 322 g/mol. The zero-order valence-electron chi connectivity index (χ0n) is 12.7. The van der Waals surface area contributed by atoms with E-state index in [2.05, 4.69) is 4.72 Å². The molecule has 0 spiro atoms. The molecule has 0 saturated carbocycles. The van der Waals surface area contributed by atoms with Gasteiger partial charge >= 0.3 is 11.6 Å². The molecule has 1 aromatic heterocycles. The first-order valence-corrected chi connectivity index (χ1v) is 8.52. The second-order valence-corrected chi connectivity index (χ2v) is 6.73. The van der Waals surface area contributed by atoms with Crippen LogP contribution in [-0.4, -0.2) is 27.5 Å². The molecule has 0 saturated heterocycles. The van der Waals surface area contributed by atoms with E-state index in [1.54, 1.807) is 13.8 Å². The van der Waals surface area contributed by atoms with E-state index in [1.807, 2.05) is 0 Å². The van der Waals surface area contributed by atoms with Crippen molar-refractivity contribution in [2.75, 3.05) is 13.2 Å². The van der Waals surface area contributed by atoms with E-state index in [-0.39, 0.29) is 18.0 Å². The molecule has 0 aliphatic heterocycles. The average Bonchev–Trinajstić information content (AvgIpc) is 2.52. The van der Waals surface area contributed by atoms with E-state index in [4.69, 9.17) is 9.15 Å². The van der Waals surface area contributed by atoms with Crippen LogP contribution in [0, 0.1) is 5.92 Å². The summed E-state index contributed by atoms with van der Waals surface area (Å²) in [7, 11) is -3.78. The summed E-state index contributed by atoms with van der Waals surface area (Å²) >= 11 is 0. The molecule has 0 fully saturated rings. The molecule has 0 aliphatic carbocycles. The highest BCUT2D eigenvalue weighted by atomic mass is 32.2. The van der Waals surface area contributed by atoms with E-state index in [0.29, 0.717) is 11.0 Å². The second kappa shape index (κ2) is 6.93. The lowest BCUT2D eigenvalue weighted by molar-refractivity contribution is -0.147. The molecule has 23 heavy (non-hydrogen) atoms. The Hall–Kier alpha value is -2.19. The number of ether oxygens (including phenoxy) is 1. The summed E-state index contributed by atoms with van der Waals surface area (Å²) in [5, 5.41) is 0.492. The van der Waals surface area contributed by atoms with Crippen molar-refractivity contribution < 1.29 is 22.4 Å². The van der Waals surface area contributed by atoms with Crippen molar-refractivity contribution in [1.82, 2.24) is 4.72 Å². The number of fused-ring (bicyclic) bond motifs is 1. The van der Waals surface area contributed by atoms with Crippen LogP contribution in [0.2, 0.25) is 0 Å². The number of carbonyl (C=O) groups is 1. The Morgan fingerprint density at radius 3 is 2.74 bits per heavy atom. The van der Waals surface area contributed by atoms with Crippen molar-refractivity contribution in [2.45, 2.75) is 18.7 Å². The third-order valence-corrected chi connectivity index (χ3v) is 4.59. The molecular formula is C15H17NO6S.